The average Bonchev–Trinajstić information content (AvgIpc) is 3.64. The van der Waals surface area contributed by atoms with Crippen LogP contribution in [0.2, 0.25) is 0 Å². The Balaban J connectivity index is 1.36. The number of hydrogen-bond acceptors (Lipinski definition) is 9. The number of nitrogens with one attached hydrogen (secondary N) is 1. The molecule has 44 heavy (non-hydrogen) atoms. The molecule has 3 aromatic rings. The molecule has 1 amide bonds. The third kappa shape index (κ3) is 5.93. The Morgan fingerprint density at radius 2 is 2.07 bits per heavy atom. The lowest BCUT2D eigenvalue weighted by atomic mass is 10.1. The summed E-state index contributed by atoms with van der Waals surface area (Å²) in [5.74, 6) is -0.995. The zero-order chi connectivity index (χ0) is 31.0. The Bertz CT molecular complexity index is 1610. The Kier molecular flexibility index (Phi) is 8.16. The van der Waals surface area contributed by atoms with Gasteiger partial charge in [-0.3, -0.25) is 9.89 Å². The van der Waals surface area contributed by atoms with Crippen molar-refractivity contribution >= 4 is 28.3 Å². The minimum Gasteiger partial charge on any atom is -0.463 e. The minimum absolute atomic E-state index is 0.0843. The number of ether oxygens (including phenoxy) is 1. The molecule has 0 bridgehead atoms. The van der Waals surface area contributed by atoms with Gasteiger partial charge in [0.1, 0.15) is 5.82 Å². The van der Waals surface area contributed by atoms with Crippen LogP contribution >= 0.6 is 0 Å². The first-order valence-electron chi connectivity index (χ1n) is 15.3. The Hall–Kier alpha value is -4.24. The van der Waals surface area contributed by atoms with Gasteiger partial charge in [-0.1, -0.05) is 12.6 Å². The van der Waals surface area contributed by atoms with Crippen LogP contribution in [0.4, 0.5) is 15.9 Å². The molecule has 1 aliphatic carbocycles. The summed E-state index contributed by atoms with van der Waals surface area (Å²) in [6.07, 6.45) is 5.85. The van der Waals surface area contributed by atoms with Crippen molar-refractivity contribution in [2.45, 2.75) is 51.6 Å². The van der Waals surface area contributed by atoms with Crippen LogP contribution in [0.25, 0.3) is 10.9 Å². The van der Waals surface area contributed by atoms with Gasteiger partial charge in [-0.2, -0.15) is 20.3 Å². The molecule has 2 aliphatic heterocycles. The molecule has 0 radical (unpaired) electrons. The van der Waals surface area contributed by atoms with Crippen molar-refractivity contribution in [3.63, 3.8) is 0 Å². The number of amides is 1. The second-order valence-corrected chi connectivity index (χ2v) is 12.7. The minimum atomic E-state index is -1.01. The second kappa shape index (κ2) is 12.0. The topological polar surface area (TPSA) is 118 Å². The summed E-state index contributed by atoms with van der Waals surface area (Å²) in [4.78, 5) is 30.7. The number of halogens is 1. The number of anilines is 2. The number of nitrogens with zero attached hydrogens (tertiary/aromatic N) is 8. The van der Waals surface area contributed by atoms with E-state index in [-0.39, 0.29) is 18.4 Å². The highest BCUT2D eigenvalue weighted by Gasteiger charge is 2.44. The van der Waals surface area contributed by atoms with Gasteiger partial charge in [-0.05, 0) is 58.3 Å². The van der Waals surface area contributed by atoms with Crippen LogP contribution in [0.5, 0.6) is 6.01 Å². The molecular formula is C32H40FN9O2. The van der Waals surface area contributed by atoms with Gasteiger partial charge in [0.25, 0.3) is 5.91 Å². The quantitative estimate of drug-likeness (QED) is 0.366. The zero-order valence-electron chi connectivity index (χ0n) is 25.8. The first-order chi connectivity index (χ1) is 21.2. The molecule has 2 aromatic heterocycles. The highest BCUT2D eigenvalue weighted by Crippen LogP contribution is 2.46. The van der Waals surface area contributed by atoms with E-state index in [4.69, 9.17) is 14.7 Å². The van der Waals surface area contributed by atoms with Gasteiger partial charge in [0.2, 0.25) is 0 Å². The standard InChI is InChI=1S/C32H40FN9O2/c1-21-7-8-26-25(16-35-38-26)28(21)40-13-5-6-24-27(18-40)36-31(44-20-32(10-11-32)19-39(3)4)37-29(24)41-14-15-42(30(43)22(2)33)23(17-41)9-12-34/h7-8,16,23H,2,5-6,9-11,13-15,17-20H2,1,3-4H3,(H,35,38)/t23-/m0/s1. The molecule has 1 atom stereocenters. The number of aromatic amines is 1. The van der Waals surface area contributed by atoms with E-state index in [2.05, 4.69) is 70.7 Å². The van der Waals surface area contributed by atoms with Crippen molar-refractivity contribution in [2.24, 2.45) is 5.41 Å². The van der Waals surface area contributed by atoms with Gasteiger partial charge in [0, 0.05) is 49.1 Å². The van der Waals surface area contributed by atoms with Crippen LogP contribution in [0, 0.1) is 23.7 Å². The number of carbonyl (C=O) groups excluding carboxylic acids is 1. The summed E-state index contributed by atoms with van der Waals surface area (Å²) in [7, 11) is 4.16. The van der Waals surface area contributed by atoms with E-state index >= 15 is 0 Å². The maximum atomic E-state index is 13.9. The van der Waals surface area contributed by atoms with Gasteiger partial charge >= 0.3 is 6.01 Å². The molecule has 1 aromatic carbocycles. The number of carbonyl (C=O) groups is 1. The van der Waals surface area contributed by atoms with E-state index in [9.17, 15) is 14.4 Å². The first kappa shape index (κ1) is 29.8. The lowest BCUT2D eigenvalue weighted by Crippen LogP contribution is -2.55. The molecule has 1 N–H and O–H groups in total. The van der Waals surface area contributed by atoms with Crippen molar-refractivity contribution in [2.75, 3.05) is 63.2 Å². The number of piperazine rings is 1. The summed E-state index contributed by atoms with van der Waals surface area (Å²) in [5.41, 5.74) is 5.37. The molecule has 12 heteroatoms. The third-order valence-electron chi connectivity index (χ3n) is 9.08. The number of aromatic nitrogens is 4. The summed E-state index contributed by atoms with van der Waals surface area (Å²) < 4.78 is 20.2. The van der Waals surface area contributed by atoms with E-state index in [1.165, 1.54) is 10.5 Å². The maximum Gasteiger partial charge on any atom is 0.318 e. The number of nitriles is 1. The fourth-order valence-electron chi connectivity index (χ4n) is 6.80. The zero-order valence-corrected chi connectivity index (χ0v) is 25.8. The highest BCUT2D eigenvalue weighted by atomic mass is 19.1. The monoisotopic (exact) mass is 601 g/mol. The number of hydrogen-bond donors (Lipinski definition) is 1. The van der Waals surface area contributed by atoms with E-state index in [0.717, 1.165) is 72.4 Å². The van der Waals surface area contributed by atoms with Crippen LogP contribution < -0.4 is 14.5 Å². The van der Waals surface area contributed by atoms with Crippen molar-refractivity contribution in [1.82, 2.24) is 30.0 Å². The summed E-state index contributed by atoms with van der Waals surface area (Å²) >= 11 is 0. The molecule has 0 unspecified atom stereocenters. The van der Waals surface area contributed by atoms with E-state index in [1.54, 1.807) is 0 Å². The fraction of sp³-hybridized carbons (Fsp3) is 0.531. The van der Waals surface area contributed by atoms with E-state index < -0.39 is 17.8 Å². The number of aryl methyl sites for hydroxylation is 1. The maximum absolute atomic E-state index is 13.9. The SMILES string of the molecule is C=C(F)C(=O)N1CCN(c2nc(OCC3(CN(C)C)CC3)nc3c2CCCN(c2c(C)ccc4[nH]ncc24)C3)C[C@@H]1CC#N. The van der Waals surface area contributed by atoms with Gasteiger partial charge in [-0.25, -0.2) is 4.39 Å². The smallest absolute Gasteiger partial charge is 0.318 e. The fourth-order valence-corrected chi connectivity index (χ4v) is 6.80. The van der Waals surface area contributed by atoms with Gasteiger partial charge in [-0.15, -0.1) is 0 Å². The summed E-state index contributed by atoms with van der Waals surface area (Å²) in [6, 6.07) is 6.20. The van der Waals surface area contributed by atoms with Crippen molar-refractivity contribution < 1.29 is 13.9 Å². The number of benzene rings is 1. The van der Waals surface area contributed by atoms with Crippen molar-refractivity contribution in [1.29, 1.82) is 5.26 Å². The van der Waals surface area contributed by atoms with Crippen molar-refractivity contribution in [3.05, 3.63) is 47.6 Å². The Morgan fingerprint density at radius 3 is 2.80 bits per heavy atom. The number of H-pyrrole nitrogens is 1. The predicted molar refractivity (Wildman–Crippen MR) is 166 cm³/mol. The average molecular weight is 602 g/mol. The van der Waals surface area contributed by atoms with Crippen LogP contribution in [-0.2, 0) is 17.8 Å². The Labute approximate surface area is 257 Å². The molecule has 1 saturated carbocycles. The predicted octanol–water partition coefficient (Wildman–Crippen LogP) is 3.75. The molecular weight excluding hydrogens is 561 g/mol. The van der Waals surface area contributed by atoms with Crippen LogP contribution in [0.15, 0.2) is 30.7 Å². The summed E-state index contributed by atoms with van der Waals surface area (Å²) in [6.45, 7) is 9.29. The second-order valence-electron chi connectivity index (χ2n) is 12.7. The van der Waals surface area contributed by atoms with Crippen LogP contribution in [0.1, 0.15) is 42.5 Å². The lowest BCUT2D eigenvalue weighted by molar-refractivity contribution is -0.131. The number of fused-ring (bicyclic) bond motifs is 2. The van der Waals surface area contributed by atoms with E-state index in [1.807, 2.05) is 6.20 Å². The summed E-state index contributed by atoms with van der Waals surface area (Å²) in [5, 5.41) is 18.0. The van der Waals surface area contributed by atoms with Crippen LogP contribution in [-0.4, -0.2) is 95.3 Å². The normalized spacial score (nSPS) is 19.5. The van der Waals surface area contributed by atoms with Crippen molar-refractivity contribution in [3.8, 4) is 12.1 Å². The first-order valence-corrected chi connectivity index (χ1v) is 15.3. The van der Waals surface area contributed by atoms with Gasteiger partial charge in [0.15, 0.2) is 5.83 Å². The third-order valence-corrected chi connectivity index (χ3v) is 9.08. The molecule has 0 spiro atoms. The molecule has 3 aliphatic rings. The highest BCUT2D eigenvalue weighted by molar-refractivity contribution is 5.93. The number of rotatable bonds is 9. The Morgan fingerprint density at radius 1 is 1.25 bits per heavy atom. The molecule has 232 valence electrons. The van der Waals surface area contributed by atoms with Gasteiger partial charge < -0.3 is 24.3 Å². The molecule has 2 fully saturated rings. The van der Waals surface area contributed by atoms with Crippen LogP contribution in [0.3, 0.4) is 0 Å². The van der Waals surface area contributed by atoms with E-state index in [0.29, 0.717) is 32.3 Å². The molecule has 11 nitrogen and oxygen atoms in total. The van der Waals surface area contributed by atoms with Gasteiger partial charge in [0.05, 0.1) is 54.8 Å². The lowest BCUT2D eigenvalue weighted by Gasteiger charge is -2.41. The largest absolute Gasteiger partial charge is 0.463 e. The molecule has 6 rings (SSSR count). The molecule has 4 heterocycles. The molecule has 1 saturated heterocycles.